The van der Waals surface area contributed by atoms with Crippen molar-refractivity contribution >= 4 is 5.91 Å². The Morgan fingerprint density at radius 2 is 1.87 bits per heavy atom. The smallest absolute Gasteiger partial charge is 0.223 e. The molecule has 0 aromatic carbocycles. The first-order valence-electron chi connectivity index (χ1n) is 5.18. The van der Waals surface area contributed by atoms with Gasteiger partial charge in [-0.2, -0.15) is 0 Å². The lowest BCUT2D eigenvalue weighted by Crippen LogP contribution is -2.52. The zero-order valence-electron chi connectivity index (χ0n) is 9.79. The maximum atomic E-state index is 11.3. The van der Waals surface area contributed by atoms with Gasteiger partial charge in [-0.3, -0.25) is 4.79 Å². The molecule has 1 amide bonds. The van der Waals surface area contributed by atoms with Gasteiger partial charge in [-0.25, -0.2) is 0 Å². The fraction of sp³-hybridized carbons (Fsp3) is 0.900. The molecule has 5 nitrogen and oxygen atoms in total. The molecule has 90 valence electrons. The van der Waals surface area contributed by atoms with E-state index in [0.29, 0.717) is 19.4 Å². The Labute approximate surface area is 91.1 Å². The summed E-state index contributed by atoms with van der Waals surface area (Å²) < 4.78 is 0. The van der Waals surface area contributed by atoms with Crippen LogP contribution in [0.4, 0.5) is 0 Å². The van der Waals surface area contributed by atoms with Crippen LogP contribution in [0.2, 0.25) is 0 Å². The average molecular weight is 218 g/mol. The van der Waals surface area contributed by atoms with Crippen LogP contribution in [-0.4, -0.2) is 60.4 Å². The fourth-order valence-corrected chi connectivity index (χ4v) is 1.17. The van der Waals surface area contributed by atoms with Gasteiger partial charge >= 0.3 is 0 Å². The molecule has 0 saturated heterocycles. The quantitative estimate of drug-likeness (QED) is 0.522. The Morgan fingerprint density at radius 1 is 1.33 bits per heavy atom. The van der Waals surface area contributed by atoms with Crippen LogP contribution >= 0.6 is 0 Å². The highest BCUT2D eigenvalue weighted by atomic mass is 16.3. The third-order valence-corrected chi connectivity index (χ3v) is 2.62. The number of aliphatic hydroxyl groups is 2. The van der Waals surface area contributed by atoms with Crippen LogP contribution < -0.4 is 5.32 Å². The molecule has 0 rings (SSSR count). The molecule has 0 unspecified atom stereocenters. The van der Waals surface area contributed by atoms with Gasteiger partial charge in [0.25, 0.3) is 0 Å². The van der Waals surface area contributed by atoms with Crippen molar-refractivity contribution in [3.05, 3.63) is 0 Å². The maximum absolute atomic E-state index is 11.3. The third kappa shape index (κ3) is 4.59. The van der Waals surface area contributed by atoms with Crippen LogP contribution in [0.5, 0.6) is 0 Å². The second-order valence-electron chi connectivity index (χ2n) is 3.92. The average Bonchev–Trinajstić information content (AvgIpc) is 2.24. The van der Waals surface area contributed by atoms with E-state index in [-0.39, 0.29) is 19.1 Å². The molecule has 5 heteroatoms. The third-order valence-electron chi connectivity index (χ3n) is 2.62. The summed E-state index contributed by atoms with van der Waals surface area (Å²) in [4.78, 5) is 12.8. The van der Waals surface area contributed by atoms with Crippen LogP contribution in [0.15, 0.2) is 0 Å². The number of amides is 1. The van der Waals surface area contributed by atoms with Crippen LogP contribution in [0.3, 0.4) is 0 Å². The molecule has 0 saturated carbocycles. The van der Waals surface area contributed by atoms with E-state index >= 15 is 0 Å². The minimum atomic E-state index is -0.660. The van der Waals surface area contributed by atoms with E-state index in [4.69, 9.17) is 10.2 Å². The van der Waals surface area contributed by atoms with Crippen LogP contribution in [-0.2, 0) is 4.79 Å². The molecule has 0 aromatic rings. The zero-order chi connectivity index (χ0) is 11.9. The molecular weight excluding hydrogens is 196 g/mol. The lowest BCUT2D eigenvalue weighted by molar-refractivity contribution is -0.128. The van der Waals surface area contributed by atoms with Gasteiger partial charge in [-0.05, 0) is 6.42 Å². The number of hydrogen-bond donors (Lipinski definition) is 3. The molecule has 0 atom stereocenters. The van der Waals surface area contributed by atoms with Crippen molar-refractivity contribution in [2.75, 3.05) is 33.9 Å². The molecule has 0 bridgehead atoms. The Kier molecular flexibility index (Phi) is 6.47. The first-order valence-corrected chi connectivity index (χ1v) is 5.18. The van der Waals surface area contributed by atoms with E-state index < -0.39 is 5.54 Å². The predicted molar refractivity (Wildman–Crippen MR) is 58.5 cm³/mol. The lowest BCUT2D eigenvalue weighted by atomic mass is 9.98. The van der Waals surface area contributed by atoms with Crippen molar-refractivity contribution in [2.45, 2.75) is 25.3 Å². The first-order chi connectivity index (χ1) is 7.01. The molecular formula is C10H22N2O3. The first kappa shape index (κ1) is 14.3. The number of carbonyl (C=O) groups is 1. The van der Waals surface area contributed by atoms with Gasteiger partial charge in [-0.1, -0.05) is 6.92 Å². The summed E-state index contributed by atoms with van der Waals surface area (Å²) in [6.07, 6.45) is 0.991. The number of nitrogens with zero attached hydrogens (tertiary/aromatic N) is 1. The second kappa shape index (κ2) is 6.76. The second-order valence-corrected chi connectivity index (χ2v) is 3.92. The summed E-state index contributed by atoms with van der Waals surface area (Å²) in [6.45, 7) is 2.09. The molecule has 15 heavy (non-hydrogen) atoms. The van der Waals surface area contributed by atoms with Gasteiger partial charge in [-0.15, -0.1) is 0 Å². The maximum Gasteiger partial charge on any atom is 0.223 e. The Hall–Kier alpha value is -0.650. The van der Waals surface area contributed by atoms with Crippen molar-refractivity contribution in [1.29, 1.82) is 0 Å². The molecule has 0 aliphatic rings. The van der Waals surface area contributed by atoms with Crippen molar-refractivity contribution < 1.29 is 15.0 Å². The Morgan fingerprint density at radius 3 is 2.20 bits per heavy atom. The highest BCUT2D eigenvalue weighted by molar-refractivity contribution is 5.75. The summed E-state index contributed by atoms with van der Waals surface area (Å²) >= 11 is 0. The number of hydrogen-bond acceptors (Lipinski definition) is 4. The number of aliphatic hydroxyl groups excluding tert-OH is 2. The van der Waals surface area contributed by atoms with Crippen molar-refractivity contribution in [3.63, 3.8) is 0 Å². The van der Waals surface area contributed by atoms with E-state index in [0.717, 1.165) is 0 Å². The number of nitrogens with one attached hydrogen (secondary N) is 1. The standard InChI is InChI=1S/C10H22N2O3/c1-4-10(7-13,8-14)11-6-5-9(15)12(2)3/h11,13-14H,4-8H2,1-3H3. The van der Waals surface area contributed by atoms with E-state index in [2.05, 4.69) is 5.32 Å². The highest BCUT2D eigenvalue weighted by Crippen LogP contribution is 2.07. The minimum absolute atomic E-state index is 0.0309. The number of rotatable bonds is 7. The summed E-state index contributed by atoms with van der Waals surface area (Å²) in [5.41, 5.74) is -0.660. The Bertz CT molecular complexity index is 183. The van der Waals surface area contributed by atoms with Crippen molar-refractivity contribution in [2.24, 2.45) is 0 Å². The van der Waals surface area contributed by atoms with Crippen LogP contribution in [0.1, 0.15) is 19.8 Å². The molecule has 3 N–H and O–H groups in total. The van der Waals surface area contributed by atoms with Crippen LogP contribution in [0, 0.1) is 0 Å². The Balaban J connectivity index is 3.96. The van der Waals surface area contributed by atoms with E-state index in [9.17, 15) is 4.79 Å². The van der Waals surface area contributed by atoms with E-state index in [1.165, 1.54) is 4.90 Å². The predicted octanol–water partition coefficient (Wildman–Crippen LogP) is -0.812. The largest absolute Gasteiger partial charge is 0.394 e. The SMILES string of the molecule is CCC(CO)(CO)NCCC(=O)N(C)C. The number of carbonyl (C=O) groups excluding carboxylic acids is 1. The molecule has 0 spiro atoms. The van der Waals surface area contributed by atoms with Crippen molar-refractivity contribution in [1.82, 2.24) is 10.2 Å². The van der Waals surface area contributed by atoms with Crippen molar-refractivity contribution in [3.8, 4) is 0 Å². The van der Waals surface area contributed by atoms with Gasteiger partial charge in [0.05, 0.1) is 18.8 Å². The molecule has 0 heterocycles. The fourth-order valence-electron chi connectivity index (χ4n) is 1.17. The summed E-state index contributed by atoms with van der Waals surface area (Å²) in [7, 11) is 3.40. The van der Waals surface area contributed by atoms with Gasteiger partial charge < -0.3 is 20.4 Å². The minimum Gasteiger partial charge on any atom is -0.394 e. The van der Waals surface area contributed by atoms with Crippen LogP contribution in [0.25, 0.3) is 0 Å². The topological polar surface area (TPSA) is 72.8 Å². The van der Waals surface area contributed by atoms with Gasteiger partial charge in [0.15, 0.2) is 0 Å². The molecule has 0 aliphatic heterocycles. The molecule has 0 radical (unpaired) electrons. The van der Waals surface area contributed by atoms with E-state index in [1.807, 2.05) is 6.92 Å². The molecule has 0 fully saturated rings. The lowest BCUT2D eigenvalue weighted by Gasteiger charge is -2.29. The summed E-state index contributed by atoms with van der Waals surface area (Å²) in [5.74, 6) is 0.0309. The van der Waals surface area contributed by atoms with Gasteiger partial charge in [0, 0.05) is 27.1 Å². The van der Waals surface area contributed by atoms with Gasteiger partial charge in [0.2, 0.25) is 5.91 Å². The summed E-state index contributed by atoms with van der Waals surface area (Å²) in [6, 6.07) is 0. The normalized spacial score (nSPS) is 11.5. The van der Waals surface area contributed by atoms with Gasteiger partial charge in [0.1, 0.15) is 0 Å². The monoisotopic (exact) mass is 218 g/mol. The van der Waals surface area contributed by atoms with E-state index in [1.54, 1.807) is 14.1 Å². The molecule has 0 aromatic heterocycles. The summed E-state index contributed by atoms with van der Waals surface area (Å²) in [5, 5.41) is 21.3. The highest BCUT2D eigenvalue weighted by Gasteiger charge is 2.25. The zero-order valence-corrected chi connectivity index (χ0v) is 9.79. The molecule has 0 aliphatic carbocycles.